The van der Waals surface area contributed by atoms with Gasteiger partial charge in [-0.2, -0.15) is 0 Å². The summed E-state index contributed by atoms with van der Waals surface area (Å²) in [5.74, 6) is -0.227. The Bertz CT molecular complexity index is 1690. The third-order valence-electron chi connectivity index (χ3n) is 7.34. The predicted molar refractivity (Wildman–Crippen MR) is 157 cm³/mol. The van der Waals surface area contributed by atoms with Gasteiger partial charge in [0, 0.05) is 42.7 Å². The summed E-state index contributed by atoms with van der Waals surface area (Å²) in [6.45, 7) is 2.83. The lowest BCUT2D eigenvalue weighted by molar-refractivity contribution is -0.131. The van der Waals surface area contributed by atoms with E-state index in [1.54, 1.807) is 24.3 Å². The monoisotopic (exact) mass is 587 g/mol. The number of hydrogen-bond acceptors (Lipinski definition) is 8. The summed E-state index contributed by atoms with van der Waals surface area (Å²) in [5, 5.41) is 15.1. The van der Waals surface area contributed by atoms with E-state index in [-0.39, 0.29) is 30.4 Å². The number of aromatic nitrogens is 1. The number of hydrogen-bond donors (Lipinski definition) is 3. The summed E-state index contributed by atoms with van der Waals surface area (Å²) in [6, 6.07) is 14.6. The second kappa shape index (κ2) is 11.8. The number of fused-ring (bicyclic) bond motifs is 3. The number of pyridine rings is 1. The van der Waals surface area contributed by atoms with Crippen molar-refractivity contribution in [1.82, 2.24) is 4.98 Å². The quantitative estimate of drug-likeness (QED) is 0.167. The second-order valence-electron chi connectivity index (χ2n) is 10.5. The molecule has 11 heteroatoms. The average Bonchev–Trinajstić information content (AvgIpc) is 3.82. The van der Waals surface area contributed by atoms with Crippen LogP contribution in [0.4, 0.5) is 15.8 Å². The molecular weight excluding hydrogens is 557 g/mol. The molecule has 1 aliphatic carbocycles. The number of aliphatic hydroxyl groups excluding tert-OH is 1. The van der Waals surface area contributed by atoms with Gasteiger partial charge in [0.25, 0.3) is 0 Å². The van der Waals surface area contributed by atoms with Crippen LogP contribution < -0.4 is 29.6 Å². The first kappa shape index (κ1) is 28.2. The smallest absolute Gasteiger partial charge is 0.240 e. The molecule has 3 N–H and O–H groups in total. The summed E-state index contributed by atoms with van der Waals surface area (Å²) >= 11 is 0. The van der Waals surface area contributed by atoms with Gasteiger partial charge in [-0.25, -0.2) is 4.39 Å². The van der Waals surface area contributed by atoms with Crippen molar-refractivity contribution in [2.45, 2.75) is 26.2 Å². The molecule has 10 nitrogen and oxygen atoms in total. The third kappa shape index (κ3) is 5.76. The Morgan fingerprint density at radius 2 is 1.63 bits per heavy atom. The van der Waals surface area contributed by atoms with Crippen LogP contribution in [0, 0.1) is 18.2 Å². The number of rotatable bonds is 10. The maximum Gasteiger partial charge on any atom is 0.240 e. The Kier molecular flexibility index (Phi) is 7.73. The van der Waals surface area contributed by atoms with Gasteiger partial charge < -0.3 is 34.7 Å². The molecule has 1 fully saturated rings. The van der Waals surface area contributed by atoms with Crippen molar-refractivity contribution in [2.75, 3.05) is 37.1 Å². The molecule has 4 aromatic rings. The average molecular weight is 588 g/mol. The van der Waals surface area contributed by atoms with Gasteiger partial charge in [-0.1, -0.05) is 17.7 Å². The van der Waals surface area contributed by atoms with E-state index >= 15 is 4.39 Å². The molecule has 0 saturated heterocycles. The highest BCUT2D eigenvalue weighted by Crippen LogP contribution is 2.49. The van der Waals surface area contributed by atoms with Crippen molar-refractivity contribution in [2.24, 2.45) is 5.41 Å². The normalized spacial score (nSPS) is 14.6. The standard InChI is InChI=1S/C32H30FN3O7/c1-19-3-5-20(6-4-19)35-30(38)32(10-11-32)31(39)36-21-7-8-24(22(33)17-21)43-25-9-12-34-23-18-26(40-14-2-13-37)28-29(27(23)25)42-16-15-41-28/h3-9,12,17-18,37H,2,10-11,13-16H2,1H3,(H,35,38)(H,36,39). The molecule has 0 bridgehead atoms. The van der Waals surface area contributed by atoms with Gasteiger partial charge >= 0.3 is 0 Å². The number of carbonyl (C=O) groups is 2. The van der Waals surface area contributed by atoms with E-state index < -0.39 is 23.0 Å². The van der Waals surface area contributed by atoms with Gasteiger partial charge in [-0.05, 0) is 50.1 Å². The van der Waals surface area contributed by atoms with Gasteiger partial charge in [-0.15, -0.1) is 0 Å². The molecule has 43 heavy (non-hydrogen) atoms. The lowest BCUT2D eigenvalue weighted by Gasteiger charge is -2.23. The van der Waals surface area contributed by atoms with Gasteiger partial charge in [0.1, 0.15) is 24.4 Å². The Labute approximate surface area is 246 Å². The molecule has 222 valence electrons. The molecule has 1 saturated carbocycles. The topological polar surface area (TPSA) is 128 Å². The maximum atomic E-state index is 15.3. The number of nitrogens with one attached hydrogen (secondary N) is 2. The second-order valence-corrected chi connectivity index (χ2v) is 10.5. The summed E-state index contributed by atoms with van der Waals surface area (Å²) in [5.41, 5.74) is 1.15. The fourth-order valence-corrected chi connectivity index (χ4v) is 4.81. The molecule has 6 rings (SSSR count). The van der Waals surface area contributed by atoms with E-state index in [0.29, 0.717) is 66.3 Å². The molecule has 1 aromatic heterocycles. The van der Waals surface area contributed by atoms with Crippen molar-refractivity contribution in [1.29, 1.82) is 0 Å². The fraction of sp³-hybridized carbons (Fsp3) is 0.281. The maximum absolute atomic E-state index is 15.3. The summed E-state index contributed by atoms with van der Waals surface area (Å²) in [6.07, 6.45) is 2.77. The van der Waals surface area contributed by atoms with Crippen LogP contribution in [0.2, 0.25) is 0 Å². The number of aryl methyl sites for hydroxylation is 1. The SMILES string of the molecule is Cc1ccc(NC(=O)C2(C(=O)Nc3ccc(Oc4ccnc5cc(OCCCO)c6c(c45)OCCO6)c(F)c3)CC2)cc1. The molecular formula is C32H30FN3O7. The van der Waals surface area contributed by atoms with E-state index in [9.17, 15) is 9.59 Å². The highest BCUT2D eigenvalue weighted by molar-refractivity contribution is 6.16. The Balaban J connectivity index is 1.20. The number of amides is 2. The lowest BCUT2D eigenvalue weighted by Crippen LogP contribution is -2.35. The van der Waals surface area contributed by atoms with E-state index in [0.717, 1.165) is 11.6 Å². The van der Waals surface area contributed by atoms with Crippen LogP contribution in [0.25, 0.3) is 10.9 Å². The minimum atomic E-state index is -1.20. The highest BCUT2D eigenvalue weighted by Gasteiger charge is 2.56. The number of ether oxygens (including phenoxy) is 4. The van der Waals surface area contributed by atoms with Crippen LogP contribution in [-0.4, -0.2) is 48.3 Å². The molecule has 0 atom stereocenters. The van der Waals surface area contributed by atoms with Gasteiger partial charge in [0.2, 0.25) is 17.6 Å². The minimum Gasteiger partial charge on any atom is -0.489 e. The minimum absolute atomic E-state index is 0.0123. The fourth-order valence-electron chi connectivity index (χ4n) is 4.81. The van der Waals surface area contributed by atoms with Crippen molar-refractivity contribution < 1.29 is 38.0 Å². The van der Waals surface area contributed by atoms with Gasteiger partial charge in [0.15, 0.2) is 23.1 Å². The summed E-state index contributed by atoms with van der Waals surface area (Å²) < 4.78 is 38.8. The van der Waals surface area contributed by atoms with Crippen molar-refractivity contribution in [3.8, 4) is 28.7 Å². The first-order valence-corrected chi connectivity index (χ1v) is 14.0. The number of nitrogens with zero attached hydrogens (tertiary/aromatic N) is 1. The van der Waals surface area contributed by atoms with Gasteiger partial charge in [-0.3, -0.25) is 14.6 Å². The number of aliphatic hydroxyl groups is 1. The first-order chi connectivity index (χ1) is 20.9. The molecule has 0 unspecified atom stereocenters. The Morgan fingerprint density at radius 1 is 0.930 bits per heavy atom. The van der Waals surface area contributed by atoms with Crippen LogP contribution in [0.15, 0.2) is 60.8 Å². The highest BCUT2D eigenvalue weighted by atomic mass is 19.1. The number of anilines is 2. The zero-order valence-corrected chi connectivity index (χ0v) is 23.4. The number of halogens is 1. The summed E-state index contributed by atoms with van der Waals surface area (Å²) in [4.78, 5) is 30.4. The van der Waals surface area contributed by atoms with E-state index in [4.69, 9.17) is 24.1 Å². The van der Waals surface area contributed by atoms with Crippen LogP contribution in [0.1, 0.15) is 24.8 Å². The molecule has 0 radical (unpaired) electrons. The van der Waals surface area contributed by atoms with Crippen molar-refractivity contribution in [3.63, 3.8) is 0 Å². The van der Waals surface area contributed by atoms with Crippen LogP contribution in [0.5, 0.6) is 28.7 Å². The lowest BCUT2D eigenvalue weighted by atomic mass is 10.0. The molecule has 1 aliphatic heterocycles. The number of carbonyl (C=O) groups excluding carboxylic acids is 2. The number of benzene rings is 3. The first-order valence-electron chi connectivity index (χ1n) is 14.0. The molecule has 3 aromatic carbocycles. The molecule has 2 amide bonds. The van der Waals surface area contributed by atoms with E-state index in [1.807, 2.05) is 19.1 Å². The van der Waals surface area contributed by atoms with Gasteiger partial charge in [0.05, 0.1) is 17.5 Å². The van der Waals surface area contributed by atoms with Crippen LogP contribution >= 0.6 is 0 Å². The van der Waals surface area contributed by atoms with Crippen LogP contribution in [0.3, 0.4) is 0 Å². The zero-order chi connectivity index (χ0) is 30.0. The molecule has 2 heterocycles. The van der Waals surface area contributed by atoms with Crippen molar-refractivity contribution in [3.05, 3.63) is 72.2 Å². The zero-order valence-electron chi connectivity index (χ0n) is 23.4. The van der Waals surface area contributed by atoms with Crippen LogP contribution in [-0.2, 0) is 9.59 Å². The molecule has 0 spiro atoms. The molecule has 2 aliphatic rings. The van der Waals surface area contributed by atoms with E-state index in [1.165, 1.54) is 18.3 Å². The summed E-state index contributed by atoms with van der Waals surface area (Å²) in [7, 11) is 0. The van der Waals surface area contributed by atoms with E-state index in [2.05, 4.69) is 15.6 Å². The largest absolute Gasteiger partial charge is 0.489 e. The Hall–Kier alpha value is -4.90. The predicted octanol–water partition coefficient (Wildman–Crippen LogP) is 5.36. The third-order valence-corrected chi connectivity index (χ3v) is 7.34. The van der Waals surface area contributed by atoms with Crippen molar-refractivity contribution >= 4 is 34.1 Å². The Morgan fingerprint density at radius 3 is 2.33 bits per heavy atom.